The molecule has 0 saturated heterocycles. The molecule has 3 amide bonds. The van der Waals surface area contributed by atoms with Crippen LogP contribution in [0, 0.1) is 13.8 Å². The SMILES string of the molecule is Cc1nc(NC(=O)C(=O)NC(=O)c2ccccc2N)sc1C. The van der Waals surface area contributed by atoms with Gasteiger partial charge in [-0.2, -0.15) is 0 Å². The lowest BCUT2D eigenvalue weighted by molar-refractivity contribution is -0.135. The van der Waals surface area contributed by atoms with E-state index in [1.54, 1.807) is 19.1 Å². The predicted octanol–water partition coefficient (Wildman–Crippen LogP) is 1.24. The highest BCUT2D eigenvalue weighted by molar-refractivity contribution is 7.15. The fourth-order valence-electron chi connectivity index (χ4n) is 1.61. The molecule has 22 heavy (non-hydrogen) atoms. The smallest absolute Gasteiger partial charge is 0.316 e. The van der Waals surface area contributed by atoms with Crippen LogP contribution in [0.3, 0.4) is 0 Å². The summed E-state index contributed by atoms with van der Waals surface area (Å²) in [6.45, 7) is 3.65. The number of aryl methyl sites for hydroxylation is 2. The van der Waals surface area contributed by atoms with E-state index in [-0.39, 0.29) is 11.3 Å². The van der Waals surface area contributed by atoms with Crippen molar-refractivity contribution in [1.29, 1.82) is 0 Å². The van der Waals surface area contributed by atoms with Crippen LogP contribution in [0.1, 0.15) is 20.9 Å². The summed E-state index contributed by atoms with van der Waals surface area (Å²) >= 11 is 1.25. The van der Waals surface area contributed by atoms with E-state index in [1.807, 2.05) is 12.2 Å². The van der Waals surface area contributed by atoms with E-state index in [2.05, 4.69) is 10.3 Å². The number of nitrogens with zero attached hydrogens (tertiary/aromatic N) is 1. The van der Waals surface area contributed by atoms with Crippen LogP contribution in [-0.4, -0.2) is 22.7 Å². The zero-order valence-corrected chi connectivity index (χ0v) is 12.8. The maximum Gasteiger partial charge on any atom is 0.316 e. The van der Waals surface area contributed by atoms with Gasteiger partial charge in [-0.3, -0.25) is 25.0 Å². The van der Waals surface area contributed by atoms with E-state index in [4.69, 9.17) is 5.73 Å². The van der Waals surface area contributed by atoms with Crippen LogP contribution in [0.5, 0.6) is 0 Å². The second-order valence-corrected chi connectivity index (χ2v) is 5.69. The minimum atomic E-state index is -1.07. The van der Waals surface area contributed by atoms with Crippen LogP contribution in [0.15, 0.2) is 24.3 Å². The third kappa shape index (κ3) is 3.47. The van der Waals surface area contributed by atoms with Gasteiger partial charge in [-0.15, -0.1) is 11.3 Å². The van der Waals surface area contributed by atoms with Crippen molar-refractivity contribution in [3.05, 3.63) is 40.4 Å². The second kappa shape index (κ2) is 6.35. The molecule has 0 atom stereocenters. The van der Waals surface area contributed by atoms with E-state index in [0.717, 1.165) is 10.6 Å². The molecule has 0 aliphatic rings. The summed E-state index contributed by atoms with van der Waals surface area (Å²) in [6, 6.07) is 6.26. The molecular weight excluding hydrogens is 304 g/mol. The van der Waals surface area contributed by atoms with Crippen LogP contribution in [0.25, 0.3) is 0 Å². The number of amides is 3. The highest BCUT2D eigenvalue weighted by atomic mass is 32.1. The normalized spacial score (nSPS) is 10.1. The standard InChI is InChI=1S/C14H14N4O3S/c1-7-8(2)22-14(16-7)18-13(21)12(20)17-11(19)9-5-3-4-6-10(9)15/h3-6H,15H2,1-2H3,(H,16,18,21)(H,17,19,20). The average molecular weight is 318 g/mol. The summed E-state index contributed by atoms with van der Waals surface area (Å²) in [6.07, 6.45) is 0. The number of hydrogen-bond donors (Lipinski definition) is 3. The molecule has 1 heterocycles. The first-order valence-electron chi connectivity index (χ1n) is 6.33. The van der Waals surface area contributed by atoms with Crippen molar-refractivity contribution in [3.8, 4) is 0 Å². The Bertz CT molecular complexity index is 735. The number of anilines is 2. The molecule has 0 fully saturated rings. The summed E-state index contributed by atoms with van der Waals surface area (Å²) in [5, 5.41) is 4.64. The van der Waals surface area contributed by atoms with Crippen molar-refractivity contribution < 1.29 is 14.4 Å². The molecular formula is C14H14N4O3S. The molecule has 0 unspecified atom stereocenters. The lowest BCUT2D eigenvalue weighted by Crippen LogP contribution is -2.39. The zero-order valence-electron chi connectivity index (χ0n) is 12.0. The molecule has 0 spiro atoms. The van der Waals surface area contributed by atoms with Gasteiger partial charge in [-0.05, 0) is 26.0 Å². The Kier molecular flexibility index (Phi) is 4.52. The average Bonchev–Trinajstić information content (AvgIpc) is 2.77. The van der Waals surface area contributed by atoms with Crippen LogP contribution >= 0.6 is 11.3 Å². The number of rotatable bonds is 2. The first kappa shape index (κ1) is 15.6. The van der Waals surface area contributed by atoms with Gasteiger partial charge < -0.3 is 5.73 Å². The van der Waals surface area contributed by atoms with Crippen LogP contribution in [0.2, 0.25) is 0 Å². The van der Waals surface area contributed by atoms with E-state index in [1.165, 1.54) is 23.5 Å². The highest BCUT2D eigenvalue weighted by Crippen LogP contribution is 2.20. The molecule has 2 aromatic rings. The highest BCUT2D eigenvalue weighted by Gasteiger charge is 2.20. The number of carbonyl (C=O) groups excluding carboxylic acids is 3. The number of benzene rings is 1. The third-order valence-electron chi connectivity index (χ3n) is 2.89. The van der Waals surface area contributed by atoms with Gasteiger partial charge in [0.15, 0.2) is 5.13 Å². The van der Waals surface area contributed by atoms with E-state index in [9.17, 15) is 14.4 Å². The van der Waals surface area contributed by atoms with Crippen molar-refractivity contribution in [2.45, 2.75) is 13.8 Å². The third-order valence-corrected chi connectivity index (χ3v) is 3.88. The quantitative estimate of drug-likeness (QED) is 0.569. The molecule has 0 bridgehead atoms. The number of aromatic nitrogens is 1. The fourth-order valence-corrected chi connectivity index (χ4v) is 2.42. The second-order valence-electron chi connectivity index (χ2n) is 4.49. The van der Waals surface area contributed by atoms with Gasteiger partial charge >= 0.3 is 11.8 Å². The van der Waals surface area contributed by atoms with Crippen molar-refractivity contribution in [1.82, 2.24) is 10.3 Å². The van der Waals surface area contributed by atoms with Gasteiger partial charge in [0.05, 0.1) is 11.3 Å². The number of imide groups is 1. The van der Waals surface area contributed by atoms with Crippen molar-refractivity contribution >= 4 is 39.9 Å². The minimum Gasteiger partial charge on any atom is -0.398 e. The first-order valence-corrected chi connectivity index (χ1v) is 7.15. The number of nitrogens with one attached hydrogen (secondary N) is 2. The Labute approximate surface area is 130 Å². The number of thiazole rings is 1. The molecule has 4 N–H and O–H groups in total. The number of hydrogen-bond acceptors (Lipinski definition) is 6. The summed E-state index contributed by atoms with van der Waals surface area (Å²) in [5.74, 6) is -2.76. The molecule has 0 aliphatic heterocycles. The molecule has 0 saturated carbocycles. The minimum absolute atomic E-state index is 0.129. The largest absolute Gasteiger partial charge is 0.398 e. The summed E-state index contributed by atoms with van der Waals surface area (Å²) in [4.78, 5) is 40.4. The van der Waals surface area contributed by atoms with Gasteiger partial charge in [-0.1, -0.05) is 12.1 Å². The molecule has 1 aromatic carbocycles. The van der Waals surface area contributed by atoms with E-state index in [0.29, 0.717) is 5.13 Å². The molecule has 2 rings (SSSR count). The van der Waals surface area contributed by atoms with Gasteiger partial charge in [-0.25, -0.2) is 4.98 Å². The predicted molar refractivity (Wildman–Crippen MR) is 83.5 cm³/mol. The Morgan fingerprint density at radius 3 is 2.41 bits per heavy atom. The van der Waals surface area contributed by atoms with E-state index >= 15 is 0 Å². The lowest BCUT2D eigenvalue weighted by Gasteiger charge is -2.05. The Morgan fingerprint density at radius 2 is 1.82 bits per heavy atom. The summed E-state index contributed by atoms with van der Waals surface area (Å²) < 4.78 is 0. The van der Waals surface area contributed by atoms with Gasteiger partial charge in [0.25, 0.3) is 5.91 Å². The summed E-state index contributed by atoms with van der Waals surface area (Å²) in [5.41, 5.74) is 6.76. The topological polar surface area (TPSA) is 114 Å². The van der Waals surface area contributed by atoms with Crippen LogP contribution in [-0.2, 0) is 9.59 Å². The molecule has 8 heteroatoms. The van der Waals surface area contributed by atoms with Gasteiger partial charge in [0.2, 0.25) is 0 Å². The van der Waals surface area contributed by atoms with E-state index < -0.39 is 17.7 Å². The van der Waals surface area contributed by atoms with Crippen molar-refractivity contribution in [3.63, 3.8) is 0 Å². The zero-order chi connectivity index (χ0) is 16.3. The molecule has 7 nitrogen and oxygen atoms in total. The van der Waals surface area contributed by atoms with Crippen LogP contribution < -0.4 is 16.4 Å². The number of nitrogens with two attached hydrogens (primary N) is 1. The fraction of sp³-hybridized carbons (Fsp3) is 0.143. The summed E-state index contributed by atoms with van der Waals surface area (Å²) in [7, 11) is 0. The van der Waals surface area contributed by atoms with Crippen molar-refractivity contribution in [2.75, 3.05) is 11.1 Å². The maximum atomic E-state index is 11.9. The Balaban J connectivity index is 2.01. The number of carbonyl (C=O) groups is 3. The Hall–Kier alpha value is -2.74. The van der Waals surface area contributed by atoms with Gasteiger partial charge in [0, 0.05) is 10.6 Å². The first-order chi connectivity index (χ1) is 10.4. The molecule has 0 radical (unpaired) electrons. The molecule has 0 aliphatic carbocycles. The maximum absolute atomic E-state index is 11.9. The monoisotopic (exact) mass is 318 g/mol. The Morgan fingerprint density at radius 1 is 1.14 bits per heavy atom. The van der Waals surface area contributed by atoms with Gasteiger partial charge in [0.1, 0.15) is 0 Å². The molecule has 1 aromatic heterocycles. The van der Waals surface area contributed by atoms with Crippen LogP contribution in [0.4, 0.5) is 10.8 Å². The lowest BCUT2D eigenvalue weighted by atomic mass is 10.1. The molecule has 114 valence electrons. The number of nitrogen functional groups attached to an aromatic ring is 1. The number of para-hydroxylation sites is 1. The van der Waals surface area contributed by atoms with Crippen molar-refractivity contribution in [2.24, 2.45) is 0 Å².